The number of nitrogens with zero attached hydrogens (tertiary/aromatic N) is 1. The van der Waals surface area contributed by atoms with Gasteiger partial charge in [0.1, 0.15) is 0 Å². The summed E-state index contributed by atoms with van der Waals surface area (Å²) in [5.74, 6) is -0.0150. The van der Waals surface area contributed by atoms with Crippen LogP contribution in [0.3, 0.4) is 0 Å². The maximum absolute atomic E-state index is 12.2. The largest absolute Gasteiger partial charge is 0.378 e. The average molecular weight is 359 g/mol. The van der Waals surface area contributed by atoms with Crippen LogP contribution in [0.5, 0.6) is 0 Å². The number of carbonyl (C=O) groups is 1. The van der Waals surface area contributed by atoms with Gasteiger partial charge in [0.2, 0.25) is 5.91 Å². The van der Waals surface area contributed by atoms with Crippen LogP contribution < -0.4 is 15.5 Å². The van der Waals surface area contributed by atoms with E-state index >= 15 is 0 Å². The van der Waals surface area contributed by atoms with Gasteiger partial charge < -0.3 is 15.5 Å². The molecule has 4 nitrogen and oxygen atoms in total. The fourth-order valence-electron chi connectivity index (χ4n) is 2.74. The summed E-state index contributed by atoms with van der Waals surface area (Å²) in [5, 5.41) is 6.31. The van der Waals surface area contributed by atoms with Gasteiger partial charge in [-0.05, 0) is 61.0 Å². The standard InChI is InChI=1S/C23H25N3O/c1-17-4-6-18(7-5-17)16-23(27)25-21-10-8-19(9-11-21)24-20-12-14-22(15-13-20)26(2)3/h4-15,24H,16H2,1-3H3,(H,25,27). The molecule has 3 aromatic carbocycles. The predicted octanol–water partition coefficient (Wildman–Crippen LogP) is 4.99. The highest BCUT2D eigenvalue weighted by Crippen LogP contribution is 2.21. The Morgan fingerprint density at radius 1 is 0.778 bits per heavy atom. The molecule has 0 aliphatic carbocycles. The highest BCUT2D eigenvalue weighted by atomic mass is 16.1. The molecule has 3 rings (SSSR count). The summed E-state index contributed by atoms with van der Waals surface area (Å²) in [4.78, 5) is 14.3. The zero-order chi connectivity index (χ0) is 19.2. The third kappa shape index (κ3) is 5.35. The number of rotatable bonds is 6. The molecule has 4 heteroatoms. The van der Waals surface area contributed by atoms with Crippen molar-refractivity contribution in [3.05, 3.63) is 83.9 Å². The Bertz CT molecular complexity index is 882. The van der Waals surface area contributed by atoms with E-state index in [1.807, 2.05) is 81.7 Å². The predicted molar refractivity (Wildman–Crippen MR) is 114 cm³/mol. The van der Waals surface area contributed by atoms with Crippen molar-refractivity contribution in [1.29, 1.82) is 0 Å². The third-order valence-electron chi connectivity index (χ3n) is 4.33. The molecule has 3 aromatic rings. The fraction of sp³-hybridized carbons (Fsp3) is 0.174. The smallest absolute Gasteiger partial charge is 0.228 e. The summed E-state index contributed by atoms with van der Waals surface area (Å²) in [6.07, 6.45) is 0.374. The van der Waals surface area contributed by atoms with Gasteiger partial charge >= 0.3 is 0 Å². The minimum atomic E-state index is -0.0150. The van der Waals surface area contributed by atoms with Crippen LogP contribution in [-0.2, 0) is 11.2 Å². The lowest BCUT2D eigenvalue weighted by molar-refractivity contribution is -0.115. The van der Waals surface area contributed by atoms with Crippen molar-refractivity contribution in [2.75, 3.05) is 29.6 Å². The van der Waals surface area contributed by atoms with Crippen LogP contribution in [0.2, 0.25) is 0 Å². The molecular weight excluding hydrogens is 334 g/mol. The molecule has 2 N–H and O–H groups in total. The van der Waals surface area contributed by atoms with Crippen LogP contribution in [0, 0.1) is 6.92 Å². The van der Waals surface area contributed by atoms with Crippen molar-refractivity contribution in [2.45, 2.75) is 13.3 Å². The third-order valence-corrected chi connectivity index (χ3v) is 4.33. The lowest BCUT2D eigenvalue weighted by Gasteiger charge is -2.13. The molecule has 27 heavy (non-hydrogen) atoms. The first kappa shape index (κ1) is 18.5. The van der Waals surface area contributed by atoms with Crippen molar-refractivity contribution in [3.63, 3.8) is 0 Å². The lowest BCUT2D eigenvalue weighted by atomic mass is 10.1. The van der Waals surface area contributed by atoms with Crippen molar-refractivity contribution in [3.8, 4) is 0 Å². The zero-order valence-electron chi connectivity index (χ0n) is 16.0. The summed E-state index contributed by atoms with van der Waals surface area (Å²) in [7, 11) is 4.04. The van der Waals surface area contributed by atoms with Crippen LogP contribution in [0.25, 0.3) is 0 Å². The van der Waals surface area contributed by atoms with Crippen LogP contribution in [0.4, 0.5) is 22.7 Å². The maximum Gasteiger partial charge on any atom is 0.228 e. The SMILES string of the molecule is Cc1ccc(CC(=O)Nc2ccc(Nc3ccc(N(C)C)cc3)cc2)cc1. The lowest BCUT2D eigenvalue weighted by Crippen LogP contribution is -2.14. The first-order valence-electron chi connectivity index (χ1n) is 8.99. The summed E-state index contributed by atoms with van der Waals surface area (Å²) >= 11 is 0. The monoisotopic (exact) mass is 359 g/mol. The van der Waals surface area contributed by atoms with Crippen molar-refractivity contribution in [2.24, 2.45) is 0 Å². The number of hydrogen-bond donors (Lipinski definition) is 2. The molecule has 138 valence electrons. The van der Waals surface area contributed by atoms with Crippen molar-refractivity contribution in [1.82, 2.24) is 0 Å². The molecule has 0 unspecified atom stereocenters. The second kappa shape index (κ2) is 8.41. The quantitative estimate of drug-likeness (QED) is 0.652. The highest BCUT2D eigenvalue weighted by Gasteiger charge is 2.04. The molecule has 0 radical (unpaired) electrons. The van der Waals surface area contributed by atoms with Crippen LogP contribution in [-0.4, -0.2) is 20.0 Å². The first-order chi connectivity index (χ1) is 13.0. The van der Waals surface area contributed by atoms with E-state index in [9.17, 15) is 4.79 Å². The summed E-state index contributed by atoms with van der Waals surface area (Å²) < 4.78 is 0. The second-order valence-corrected chi connectivity index (χ2v) is 6.85. The molecule has 0 aromatic heterocycles. The fourth-order valence-corrected chi connectivity index (χ4v) is 2.74. The van der Waals surface area contributed by atoms with Gasteiger partial charge in [0.05, 0.1) is 6.42 Å². The topological polar surface area (TPSA) is 44.4 Å². The average Bonchev–Trinajstić information content (AvgIpc) is 2.66. The molecule has 0 spiro atoms. The summed E-state index contributed by atoms with van der Waals surface area (Å²) in [6, 6.07) is 24.0. The van der Waals surface area contributed by atoms with E-state index in [2.05, 4.69) is 27.7 Å². The van der Waals surface area contributed by atoms with E-state index in [0.29, 0.717) is 6.42 Å². The summed E-state index contributed by atoms with van der Waals surface area (Å²) in [5.41, 5.74) is 6.16. The van der Waals surface area contributed by atoms with Crippen LogP contribution >= 0.6 is 0 Å². The van der Waals surface area contributed by atoms with E-state index in [1.165, 1.54) is 5.56 Å². The highest BCUT2D eigenvalue weighted by molar-refractivity contribution is 5.92. The Morgan fingerprint density at radius 2 is 1.30 bits per heavy atom. The molecule has 0 heterocycles. The number of hydrogen-bond acceptors (Lipinski definition) is 3. The number of carbonyl (C=O) groups excluding carboxylic acids is 1. The zero-order valence-corrected chi connectivity index (χ0v) is 16.0. The van der Waals surface area contributed by atoms with Gasteiger partial charge in [-0.1, -0.05) is 29.8 Å². The van der Waals surface area contributed by atoms with Crippen molar-refractivity contribution >= 4 is 28.7 Å². The van der Waals surface area contributed by atoms with E-state index in [-0.39, 0.29) is 5.91 Å². The van der Waals surface area contributed by atoms with Gasteiger partial charge in [0.25, 0.3) is 0 Å². The molecule has 0 bridgehead atoms. The Kier molecular flexibility index (Phi) is 5.77. The molecule has 0 saturated carbocycles. The van der Waals surface area contributed by atoms with Gasteiger partial charge in [-0.2, -0.15) is 0 Å². The van der Waals surface area contributed by atoms with Gasteiger partial charge in [0.15, 0.2) is 0 Å². The minimum Gasteiger partial charge on any atom is -0.378 e. The minimum absolute atomic E-state index is 0.0150. The normalized spacial score (nSPS) is 10.3. The van der Waals surface area contributed by atoms with Crippen LogP contribution in [0.15, 0.2) is 72.8 Å². The Hall–Kier alpha value is -3.27. The Morgan fingerprint density at radius 3 is 1.85 bits per heavy atom. The maximum atomic E-state index is 12.2. The van der Waals surface area contributed by atoms with E-state index < -0.39 is 0 Å². The van der Waals surface area contributed by atoms with Gasteiger partial charge in [-0.25, -0.2) is 0 Å². The molecule has 0 aliphatic rings. The van der Waals surface area contributed by atoms with E-state index in [1.54, 1.807) is 0 Å². The van der Waals surface area contributed by atoms with Crippen molar-refractivity contribution < 1.29 is 4.79 Å². The number of benzene rings is 3. The van der Waals surface area contributed by atoms with Gasteiger partial charge in [0, 0.05) is 36.8 Å². The number of amides is 1. The summed E-state index contributed by atoms with van der Waals surface area (Å²) in [6.45, 7) is 2.04. The second-order valence-electron chi connectivity index (χ2n) is 6.85. The molecule has 1 amide bonds. The molecule has 0 aliphatic heterocycles. The molecule has 0 atom stereocenters. The number of anilines is 4. The molecular formula is C23H25N3O. The van der Waals surface area contributed by atoms with Crippen LogP contribution in [0.1, 0.15) is 11.1 Å². The number of aryl methyl sites for hydroxylation is 1. The van der Waals surface area contributed by atoms with E-state index in [4.69, 9.17) is 0 Å². The Balaban J connectivity index is 1.56. The first-order valence-corrected chi connectivity index (χ1v) is 8.99. The van der Waals surface area contributed by atoms with Gasteiger partial charge in [-0.15, -0.1) is 0 Å². The Labute approximate surface area is 160 Å². The molecule has 0 fully saturated rings. The van der Waals surface area contributed by atoms with E-state index in [0.717, 1.165) is 28.3 Å². The van der Waals surface area contributed by atoms with Gasteiger partial charge in [-0.3, -0.25) is 4.79 Å². The number of nitrogens with one attached hydrogen (secondary N) is 2. The molecule has 0 saturated heterocycles.